The van der Waals surface area contributed by atoms with Crippen LogP contribution in [0, 0.1) is 0 Å². The van der Waals surface area contributed by atoms with E-state index < -0.39 is 19.9 Å². The summed E-state index contributed by atoms with van der Waals surface area (Å²) in [5, 5.41) is 0. The molecule has 0 aliphatic rings. The van der Waals surface area contributed by atoms with Gasteiger partial charge in [0, 0.05) is 0 Å². The van der Waals surface area contributed by atoms with E-state index in [0.717, 1.165) is 0 Å². The largest absolute Gasteiger partial charge is 1.00 e. The Morgan fingerprint density at radius 2 is 0.583 bits per heavy atom. The molecule has 80 valence electrons. The van der Waals surface area contributed by atoms with Gasteiger partial charge in [-0.1, -0.05) is 0 Å². The van der Waals surface area contributed by atoms with E-state index in [9.17, 15) is 8.42 Å². The maximum Gasteiger partial charge on any atom is 0.101 e. The zero-order chi connectivity index (χ0) is 9.00. The summed E-state index contributed by atoms with van der Waals surface area (Å²) in [6.07, 6.45) is 10.3. The molecule has 0 amide bonds. The highest BCUT2D eigenvalue weighted by atomic mass is 127. The molecule has 0 unspecified atom stereocenters. The highest BCUT2D eigenvalue weighted by molar-refractivity contribution is 8.01. The van der Waals surface area contributed by atoms with Crippen molar-refractivity contribution in [3.05, 3.63) is 0 Å². The zero-order valence-electron chi connectivity index (χ0n) is 8.39. The van der Waals surface area contributed by atoms with Gasteiger partial charge in [-0.25, -0.2) is 0 Å². The summed E-state index contributed by atoms with van der Waals surface area (Å²) in [4.78, 5) is 0. The first kappa shape index (κ1) is 23.5. The lowest BCUT2D eigenvalue weighted by Gasteiger charge is -1.80. The standard InChI is InChI=1S/2C3H9OS.2HI/c2*1-5(2,3)4;;/h2*1-3H3;2*1H/q2*+1;;/p-2. The van der Waals surface area contributed by atoms with Crippen molar-refractivity contribution < 1.29 is 56.4 Å². The van der Waals surface area contributed by atoms with Crippen LogP contribution in [0.3, 0.4) is 0 Å². The van der Waals surface area contributed by atoms with Gasteiger partial charge in [0.25, 0.3) is 0 Å². The monoisotopic (exact) mass is 440 g/mol. The molecule has 0 spiro atoms. The van der Waals surface area contributed by atoms with Crippen LogP contribution >= 0.6 is 0 Å². The van der Waals surface area contributed by atoms with Crippen molar-refractivity contribution in [2.24, 2.45) is 0 Å². The number of hydrogen-bond donors (Lipinski definition) is 0. The molecule has 0 N–H and O–H groups in total. The lowest BCUT2D eigenvalue weighted by Crippen LogP contribution is -3.00. The summed E-state index contributed by atoms with van der Waals surface area (Å²) < 4.78 is 20.4. The van der Waals surface area contributed by atoms with Gasteiger partial charge in [-0.15, -0.1) is 8.42 Å². The van der Waals surface area contributed by atoms with Crippen molar-refractivity contribution in [1.82, 2.24) is 0 Å². The molecule has 0 heterocycles. The zero-order valence-corrected chi connectivity index (χ0v) is 14.3. The average molecular weight is 440 g/mol. The third-order valence-electron chi connectivity index (χ3n) is 0. The van der Waals surface area contributed by atoms with E-state index in [1.807, 2.05) is 0 Å². The minimum Gasteiger partial charge on any atom is -1.00 e. The summed E-state index contributed by atoms with van der Waals surface area (Å²) >= 11 is 0. The molecule has 2 nitrogen and oxygen atoms in total. The molecule has 0 atom stereocenters. The van der Waals surface area contributed by atoms with E-state index in [1.54, 1.807) is 37.5 Å². The summed E-state index contributed by atoms with van der Waals surface area (Å²) in [6, 6.07) is 0. The van der Waals surface area contributed by atoms with Crippen LogP contribution in [0.15, 0.2) is 0 Å². The van der Waals surface area contributed by atoms with Crippen LogP contribution in [-0.2, 0) is 28.3 Å². The van der Waals surface area contributed by atoms with Crippen LogP contribution in [-0.4, -0.2) is 37.5 Å². The first-order valence-electron chi connectivity index (χ1n) is 2.78. The molecule has 0 aromatic rings. The van der Waals surface area contributed by atoms with Crippen molar-refractivity contribution in [3.63, 3.8) is 0 Å². The van der Waals surface area contributed by atoms with E-state index in [0.29, 0.717) is 0 Å². The minimum absolute atomic E-state index is 0. The maximum atomic E-state index is 10.2. The van der Waals surface area contributed by atoms with Gasteiger partial charge in [0.15, 0.2) is 0 Å². The van der Waals surface area contributed by atoms with Crippen LogP contribution in [0.2, 0.25) is 0 Å². The van der Waals surface area contributed by atoms with Crippen molar-refractivity contribution in [3.8, 4) is 0 Å². The van der Waals surface area contributed by atoms with E-state index >= 15 is 0 Å². The molecule has 6 heteroatoms. The third-order valence-corrected chi connectivity index (χ3v) is 0. The van der Waals surface area contributed by atoms with Crippen molar-refractivity contribution in [2.75, 3.05) is 37.5 Å². The van der Waals surface area contributed by atoms with Crippen molar-refractivity contribution >= 4 is 19.9 Å². The number of hydrogen-bond acceptors (Lipinski definition) is 2. The molecular formula is C6H18I2O2S2. The third kappa shape index (κ3) is 440. The van der Waals surface area contributed by atoms with Gasteiger partial charge < -0.3 is 48.0 Å². The van der Waals surface area contributed by atoms with Gasteiger partial charge in [-0.3, -0.25) is 0 Å². The second-order valence-electron chi connectivity index (χ2n) is 3.45. The van der Waals surface area contributed by atoms with E-state index in [1.165, 1.54) is 0 Å². The second-order valence-corrected chi connectivity index (χ2v) is 10.3. The van der Waals surface area contributed by atoms with Gasteiger partial charge >= 0.3 is 0 Å². The SMILES string of the molecule is C[S+](C)(C)=O.C[S+](C)(C)=O.[I-].[I-]. The van der Waals surface area contributed by atoms with Crippen LogP contribution in [0.1, 0.15) is 0 Å². The van der Waals surface area contributed by atoms with Crippen molar-refractivity contribution in [1.29, 1.82) is 0 Å². The summed E-state index contributed by atoms with van der Waals surface area (Å²) in [5.41, 5.74) is 0. The minimum atomic E-state index is -1.42. The van der Waals surface area contributed by atoms with Crippen LogP contribution in [0.25, 0.3) is 0 Å². The quantitative estimate of drug-likeness (QED) is 0.279. The number of rotatable bonds is 0. The summed E-state index contributed by atoms with van der Waals surface area (Å²) in [6.45, 7) is 0. The highest BCUT2D eigenvalue weighted by Crippen LogP contribution is 1.78. The smallest absolute Gasteiger partial charge is 0.101 e. The fourth-order valence-electron chi connectivity index (χ4n) is 0. The molecule has 0 aliphatic heterocycles. The molecule has 12 heavy (non-hydrogen) atoms. The molecule has 0 saturated heterocycles. The first-order chi connectivity index (χ1) is 4.00. The van der Waals surface area contributed by atoms with Gasteiger partial charge in [0.05, 0.1) is 19.9 Å². The maximum absolute atomic E-state index is 10.2. The van der Waals surface area contributed by atoms with Crippen LogP contribution in [0.5, 0.6) is 0 Å². The van der Waals surface area contributed by atoms with Gasteiger partial charge in [0.1, 0.15) is 37.5 Å². The lowest BCUT2D eigenvalue weighted by atomic mass is 11.9. The van der Waals surface area contributed by atoms with Gasteiger partial charge in [-0.05, 0) is 0 Å². The first-order valence-corrected chi connectivity index (χ1v) is 8.35. The normalized spacial score (nSPS) is 9.83. The van der Waals surface area contributed by atoms with E-state index in [4.69, 9.17) is 0 Å². The van der Waals surface area contributed by atoms with Crippen molar-refractivity contribution in [2.45, 2.75) is 0 Å². The highest BCUT2D eigenvalue weighted by Gasteiger charge is 1.95. The molecule has 0 fully saturated rings. The molecule has 0 saturated carbocycles. The summed E-state index contributed by atoms with van der Waals surface area (Å²) in [5.74, 6) is 0. The molecule has 0 bridgehead atoms. The molecular weight excluding hydrogens is 422 g/mol. The van der Waals surface area contributed by atoms with Gasteiger partial charge in [0.2, 0.25) is 0 Å². The lowest BCUT2D eigenvalue weighted by molar-refractivity contribution is -0.00100. The Kier molecular flexibility index (Phi) is 18.3. The predicted molar refractivity (Wildman–Crippen MR) is 51.6 cm³/mol. The fraction of sp³-hybridized carbons (Fsp3) is 1.00. The van der Waals surface area contributed by atoms with E-state index in [-0.39, 0.29) is 48.0 Å². The molecule has 0 rings (SSSR count). The Morgan fingerprint density at radius 1 is 0.583 bits per heavy atom. The summed E-state index contributed by atoms with van der Waals surface area (Å²) in [7, 11) is -2.83. The molecule has 0 aromatic heterocycles. The Hall–Kier alpha value is 1.76. The Bertz CT molecular complexity index is 134. The van der Waals surface area contributed by atoms with Crippen LogP contribution < -0.4 is 48.0 Å². The molecule has 0 radical (unpaired) electrons. The average Bonchev–Trinajstić information content (AvgIpc) is 1.12. The molecule has 0 aromatic carbocycles. The predicted octanol–water partition coefficient (Wildman–Crippen LogP) is -5.24. The topological polar surface area (TPSA) is 34.1 Å². The Balaban J connectivity index is -0.0000000457. The number of halogens is 2. The fourth-order valence-corrected chi connectivity index (χ4v) is 0. The Morgan fingerprint density at radius 3 is 0.583 bits per heavy atom. The van der Waals surface area contributed by atoms with Gasteiger partial charge in [-0.2, -0.15) is 0 Å². The second kappa shape index (κ2) is 9.32. The van der Waals surface area contributed by atoms with Crippen LogP contribution in [0.4, 0.5) is 0 Å². The van der Waals surface area contributed by atoms with E-state index in [2.05, 4.69) is 0 Å². The Labute approximate surface area is 113 Å². The molecule has 0 aliphatic carbocycles.